The van der Waals surface area contributed by atoms with E-state index < -0.39 is 0 Å². The molecule has 8 heteroatoms. The fourth-order valence-electron chi connectivity index (χ4n) is 4.64. The number of fused-ring (bicyclic) bond motifs is 2. The highest BCUT2D eigenvalue weighted by Crippen LogP contribution is 2.33. The van der Waals surface area contributed by atoms with Crippen LogP contribution < -0.4 is 19.7 Å². The SMILES string of the molecule is C[C@H]1CC(=O)Nc2ccccc2N1C(=O)CN1CCN(Cc2ccc3c(c2)OCO3)CC1. The summed E-state index contributed by atoms with van der Waals surface area (Å²) >= 11 is 0. The summed E-state index contributed by atoms with van der Waals surface area (Å²) in [5.41, 5.74) is 2.67. The summed E-state index contributed by atoms with van der Waals surface area (Å²) in [6.07, 6.45) is 0.295. The molecule has 0 radical (unpaired) electrons. The summed E-state index contributed by atoms with van der Waals surface area (Å²) < 4.78 is 10.9. The quantitative estimate of drug-likeness (QED) is 0.793. The van der Waals surface area contributed by atoms with E-state index in [4.69, 9.17) is 9.47 Å². The Morgan fingerprint density at radius 3 is 2.62 bits per heavy atom. The second-order valence-electron chi connectivity index (χ2n) is 8.62. The monoisotopic (exact) mass is 436 g/mol. The maximum atomic E-state index is 13.3. The van der Waals surface area contributed by atoms with E-state index in [-0.39, 0.29) is 24.6 Å². The molecule has 3 aliphatic heterocycles. The van der Waals surface area contributed by atoms with E-state index in [9.17, 15) is 9.59 Å². The Morgan fingerprint density at radius 1 is 1.03 bits per heavy atom. The number of rotatable bonds is 4. The van der Waals surface area contributed by atoms with E-state index in [0.717, 1.165) is 49.9 Å². The number of ether oxygens (including phenoxy) is 2. The van der Waals surface area contributed by atoms with Crippen LogP contribution in [0.25, 0.3) is 0 Å². The zero-order valence-corrected chi connectivity index (χ0v) is 18.3. The molecular formula is C24H28N4O4. The molecule has 8 nitrogen and oxygen atoms in total. The lowest BCUT2D eigenvalue weighted by Gasteiger charge is -2.36. The van der Waals surface area contributed by atoms with Crippen LogP contribution in [0.2, 0.25) is 0 Å². The largest absolute Gasteiger partial charge is 0.454 e. The first-order valence-electron chi connectivity index (χ1n) is 11.1. The van der Waals surface area contributed by atoms with Gasteiger partial charge < -0.3 is 19.7 Å². The summed E-state index contributed by atoms with van der Waals surface area (Å²) in [6.45, 7) is 6.88. The van der Waals surface area contributed by atoms with Gasteiger partial charge in [0.1, 0.15) is 0 Å². The Labute approximate surface area is 187 Å². The highest BCUT2D eigenvalue weighted by atomic mass is 16.7. The van der Waals surface area contributed by atoms with Crippen LogP contribution in [0, 0.1) is 0 Å². The van der Waals surface area contributed by atoms with Gasteiger partial charge in [0.15, 0.2) is 11.5 Å². The number of anilines is 2. The van der Waals surface area contributed by atoms with E-state index in [0.29, 0.717) is 18.7 Å². The van der Waals surface area contributed by atoms with Crippen molar-refractivity contribution in [3.63, 3.8) is 0 Å². The molecule has 0 spiro atoms. The van der Waals surface area contributed by atoms with Gasteiger partial charge >= 0.3 is 0 Å². The summed E-state index contributed by atoms with van der Waals surface area (Å²) in [4.78, 5) is 31.8. The van der Waals surface area contributed by atoms with Gasteiger partial charge in [-0.3, -0.25) is 19.4 Å². The molecule has 5 rings (SSSR count). The van der Waals surface area contributed by atoms with Crippen molar-refractivity contribution in [3.8, 4) is 11.5 Å². The number of carbonyl (C=O) groups excluding carboxylic acids is 2. The van der Waals surface area contributed by atoms with Crippen molar-refractivity contribution in [2.24, 2.45) is 0 Å². The first-order valence-corrected chi connectivity index (χ1v) is 11.1. The average molecular weight is 437 g/mol. The molecule has 3 heterocycles. The fraction of sp³-hybridized carbons (Fsp3) is 0.417. The molecule has 1 saturated heterocycles. The minimum absolute atomic E-state index is 0.0330. The van der Waals surface area contributed by atoms with E-state index in [1.807, 2.05) is 43.3 Å². The van der Waals surface area contributed by atoms with Crippen LogP contribution in [0.1, 0.15) is 18.9 Å². The van der Waals surface area contributed by atoms with E-state index in [1.54, 1.807) is 4.90 Å². The molecule has 1 fully saturated rings. The lowest BCUT2D eigenvalue weighted by atomic mass is 10.1. The van der Waals surface area contributed by atoms with Gasteiger partial charge in [-0.2, -0.15) is 0 Å². The number of benzene rings is 2. The topological polar surface area (TPSA) is 74.4 Å². The summed E-state index contributed by atoms with van der Waals surface area (Å²) in [7, 11) is 0. The third kappa shape index (κ3) is 4.28. The molecule has 1 atom stereocenters. The van der Waals surface area contributed by atoms with Crippen LogP contribution in [0.5, 0.6) is 11.5 Å². The molecule has 0 aliphatic carbocycles. The van der Waals surface area contributed by atoms with Crippen molar-refractivity contribution in [1.29, 1.82) is 0 Å². The number of nitrogens with zero attached hydrogens (tertiary/aromatic N) is 3. The number of carbonyl (C=O) groups is 2. The molecule has 0 bridgehead atoms. The number of para-hydroxylation sites is 2. The molecule has 1 N–H and O–H groups in total. The standard InChI is InChI=1S/C24H28N4O4/c1-17-12-23(29)25-19-4-2-3-5-20(19)28(17)24(30)15-27-10-8-26(9-11-27)14-18-6-7-21-22(13-18)32-16-31-21/h2-7,13,17H,8-12,14-16H2,1H3,(H,25,29)/t17-/m0/s1. The van der Waals surface area contributed by atoms with E-state index in [2.05, 4.69) is 21.2 Å². The Morgan fingerprint density at radius 2 is 1.78 bits per heavy atom. The van der Waals surface area contributed by atoms with Crippen molar-refractivity contribution in [2.75, 3.05) is 49.7 Å². The molecule has 0 aromatic heterocycles. The Bertz CT molecular complexity index is 1020. The second kappa shape index (κ2) is 8.80. The molecule has 0 unspecified atom stereocenters. The Kier molecular flexibility index (Phi) is 5.71. The predicted molar refractivity (Wildman–Crippen MR) is 121 cm³/mol. The van der Waals surface area contributed by atoms with Crippen molar-refractivity contribution >= 4 is 23.2 Å². The third-order valence-corrected chi connectivity index (χ3v) is 6.29. The Hall–Kier alpha value is -3.10. The van der Waals surface area contributed by atoms with E-state index in [1.165, 1.54) is 5.56 Å². The van der Waals surface area contributed by atoms with Crippen molar-refractivity contribution < 1.29 is 19.1 Å². The zero-order valence-electron chi connectivity index (χ0n) is 18.3. The van der Waals surface area contributed by atoms with Gasteiger partial charge in [-0.15, -0.1) is 0 Å². The summed E-state index contributed by atoms with van der Waals surface area (Å²) in [6, 6.07) is 13.4. The van der Waals surface area contributed by atoms with Crippen LogP contribution in [-0.2, 0) is 16.1 Å². The normalized spacial score (nSPS) is 21.1. The van der Waals surface area contributed by atoms with Crippen LogP contribution in [-0.4, -0.2) is 67.2 Å². The zero-order chi connectivity index (χ0) is 22.1. The van der Waals surface area contributed by atoms with Crippen LogP contribution in [0.3, 0.4) is 0 Å². The van der Waals surface area contributed by atoms with Gasteiger partial charge in [0.25, 0.3) is 0 Å². The number of hydrogen-bond donors (Lipinski definition) is 1. The highest BCUT2D eigenvalue weighted by molar-refractivity contribution is 6.04. The lowest BCUT2D eigenvalue weighted by molar-refractivity contribution is -0.120. The van der Waals surface area contributed by atoms with Crippen molar-refractivity contribution in [1.82, 2.24) is 9.80 Å². The lowest BCUT2D eigenvalue weighted by Crippen LogP contribution is -2.51. The molecule has 2 aromatic rings. The van der Waals surface area contributed by atoms with Gasteiger partial charge in [0.2, 0.25) is 18.6 Å². The molecule has 2 aromatic carbocycles. The van der Waals surface area contributed by atoms with Crippen LogP contribution in [0.15, 0.2) is 42.5 Å². The van der Waals surface area contributed by atoms with Crippen molar-refractivity contribution in [2.45, 2.75) is 25.9 Å². The van der Waals surface area contributed by atoms with Gasteiger partial charge in [0, 0.05) is 45.2 Å². The van der Waals surface area contributed by atoms with Gasteiger partial charge in [-0.05, 0) is 36.8 Å². The first-order chi connectivity index (χ1) is 15.6. The third-order valence-electron chi connectivity index (χ3n) is 6.29. The van der Waals surface area contributed by atoms with Gasteiger partial charge in [-0.25, -0.2) is 0 Å². The van der Waals surface area contributed by atoms with Gasteiger partial charge in [0.05, 0.1) is 17.9 Å². The molecular weight excluding hydrogens is 408 g/mol. The summed E-state index contributed by atoms with van der Waals surface area (Å²) in [5, 5.41) is 2.92. The smallest absolute Gasteiger partial charge is 0.241 e. The number of hydrogen-bond acceptors (Lipinski definition) is 6. The number of nitrogens with one attached hydrogen (secondary N) is 1. The number of piperazine rings is 1. The molecule has 0 saturated carbocycles. The van der Waals surface area contributed by atoms with E-state index >= 15 is 0 Å². The maximum absolute atomic E-state index is 13.3. The number of amides is 2. The minimum atomic E-state index is -0.182. The van der Waals surface area contributed by atoms with Crippen molar-refractivity contribution in [3.05, 3.63) is 48.0 Å². The molecule has 32 heavy (non-hydrogen) atoms. The first kappa shape index (κ1) is 20.8. The van der Waals surface area contributed by atoms with Crippen LogP contribution in [0.4, 0.5) is 11.4 Å². The van der Waals surface area contributed by atoms with Crippen LogP contribution >= 0.6 is 0 Å². The molecule has 168 valence electrons. The molecule has 3 aliphatic rings. The maximum Gasteiger partial charge on any atom is 0.241 e. The fourth-order valence-corrected chi connectivity index (χ4v) is 4.64. The highest BCUT2D eigenvalue weighted by Gasteiger charge is 2.31. The predicted octanol–water partition coefficient (Wildman–Crippen LogP) is 2.30. The van der Waals surface area contributed by atoms with Gasteiger partial charge in [-0.1, -0.05) is 18.2 Å². The minimum Gasteiger partial charge on any atom is -0.454 e. The Balaban J connectivity index is 1.19. The average Bonchev–Trinajstić information content (AvgIpc) is 3.19. The molecule has 2 amide bonds. The summed E-state index contributed by atoms with van der Waals surface area (Å²) in [5.74, 6) is 1.59. The second-order valence-corrected chi connectivity index (χ2v) is 8.62.